The van der Waals surface area contributed by atoms with E-state index in [0.29, 0.717) is 13.2 Å². The molecule has 2 aromatic rings. The van der Waals surface area contributed by atoms with E-state index < -0.39 is 0 Å². The van der Waals surface area contributed by atoms with Crippen LogP contribution in [-0.4, -0.2) is 19.1 Å². The zero-order valence-electron chi connectivity index (χ0n) is 14.0. The Morgan fingerprint density at radius 3 is 2.67 bits per heavy atom. The van der Waals surface area contributed by atoms with E-state index in [4.69, 9.17) is 9.47 Å². The number of hydrogen-bond donors (Lipinski definition) is 1. The van der Waals surface area contributed by atoms with Crippen molar-refractivity contribution >= 4 is 11.6 Å². The molecule has 1 heterocycles. The van der Waals surface area contributed by atoms with Gasteiger partial charge in [-0.05, 0) is 61.1 Å². The number of ether oxygens (including phenoxy) is 2. The molecule has 4 heteroatoms. The molecule has 4 nitrogen and oxygen atoms in total. The molecule has 24 heavy (non-hydrogen) atoms. The number of rotatable bonds is 3. The number of fused-ring (bicyclic) bond motifs is 1. The standard InChI is InChI=1S/C20H21NO3/c1-12-3-4-13(2)17(9-12)21-20(22)16-11-15(16)14-5-6-18-19(10-14)24-8-7-23-18/h3-6,9-10,15-16H,7-8,11H2,1-2H3,(H,21,22). The third kappa shape index (κ3) is 2.84. The first kappa shape index (κ1) is 15.1. The Bertz CT molecular complexity index is 799. The van der Waals surface area contributed by atoms with Crippen LogP contribution in [0.25, 0.3) is 0 Å². The first-order chi connectivity index (χ1) is 11.6. The van der Waals surface area contributed by atoms with Crippen LogP contribution in [0.3, 0.4) is 0 Å². The lowest BCUT2D eigenvalue weighted by molar-refractivity contribution is -0.117. The summed E-state index contributed by atoms with van der Waals surface area (Å²) in [6, 6.07) is 12.1. The van der Waals surface area contributed by atoms with E-state index >= 15 is 0 Å². The number of hydrogen-bond acceptors (Lipinski definition) is 3. The quantitative estimate of drug-likeness (QED) is 0.934. The molecular formula is C20H21NO3. The maximum atomic E-state index is 12.5. The molecule has 124 valence electrons. The monoisotopic (exact) mass is 323 g/mol. The van der Waals surface area contributed by atoms with Crippen LogP contribution in [0.15, 0.2) is 36.4 Å². The van der Waals surface area contributed by atoms with Crippen LogP contribution in [0.5, 0.6) is 11.5 Å². The van der Waals surface area contributed by atoms with Crippen LogP contribution >= 0.6 is 0 Å². The average Bonchev–Trinajstić information content (AvgIpc) is 3.38. The van der Waals surface area contributed by atoms with E-state index in [2.05, 4.69) is 11.4 Å². The molecule has 2 aromatic carbocycles. The number of benzene rings is 2. The smallest absolute Gasteiger partial charge is 0.228 e. The molecule has 1 aliphatic carbocycles. The zero-order valence-corrected chi connectivity index (χ0v) is 14.0. The van der Waals surface area contributed by atoms with Gasteiger partial charge in [0.25, 0.3) is 0 Å². The summed E-state index contributed by atoms with van der Waals surface area (Å²) in [5, 5.41) is 3.08. The second kappa shape index (κ2) is 5.86. The van der Waals surface area contributed by atoms with E-state index in [1.807, 2.05) is 44.2 Å². The summed E-state index contributed by atoms with van der Waals surface area (Å²) in [5.74, 6) is 1.99. The molecule has 0 spiro atoms. The summed E-state index contributed by atoms with van der Waals surface area (Å²) in [5.41, 5.74) is 4.30. The second-order valence-corrected chi connectivity index (χ2v) is 6.66. The Hall–Kier alpha value is -2.49. The molecule has 1 aliphatic heterocycles. The molecule has 2 unspecified atom stereocenters. The SMILES string of the molecule is Cc1ccc(C)c(NC(=O)C2CC2c2ccc3c(c2)OCCO3)c1. The van der Waals surface area contributed by atoms with Crippen molar-refractivity contribution < 1.29 is 14.3 Å². The number of amides is 1. The maximum absolute atomic E-state index is 12.5. The van der Waals surface area contributed by atoms with Crippen molar-refractivity contribution in [2.45, 2.75) is 26.2 Å². The predicted octanol–water partition coefficient (Wildman–Crippen LogP) is 3.82. The summed E-state index contributed by atoms with van der Waals surface area (Å²) in [4.78, 5) is 12.5. The van der Waals surface area contributed by atoms with Crippen molar-refractivity contribution in [2.24, 2.45) is 5.92 Å². The van der Waals surface area contributed by atoms with Gasteiger partial charge in [0.2, 0.25) is 5.91 Å². The van der Waals surface area contributed by atoms with Crippen molar-refractivity contribution in [1.82, 2.24) is 0 Å². The van der Waals surface area contributed by atoms with Gasteiger partial charge in [-0.3, -0.25) is 4.79 Å². The van der Waals surface area contributed by atoms with E-state index in [9.17, 15) is 4.79 Å². The highest BCUT2D eigenvalue weighted by molar-refractivity contribution is 5.96. The minimum Gasteiger partial charge on any atom is -0.486 e. The van der Waals surface area contributed by atoms with E-state index in [1.54, 1.807) is 0 Å². The fraction of sp³-hybridized carbons (Fsp3) is 0.350. The highest BCUT2D eigenvalue weighted by Crippen LogP contribution is 2.49. The number of nitrogens with one attached hydrogen (secondary N) is 1. The summed E-state index contributed by atoms with van der Waals surface area (Å²) in [6.45, 7) is 5.22. The van der Waals surface area contributed by atoms with Crippen LogP contribution in [0.4, 0.5) is 5.69 Å². The van der Waals surface area contributed by atoms with Crippen molar-refractivity contribution in [3.05, 3.63) is 53.1 Å². The van der Waals surface area contributed by atoms with E-state index in [1.165, 1.54) is 0 Å². The Labute approximate surface area is 141 Å². The molecule has 4 rings (SSSR count). The Morgan fingerprint density at radius 1 is 1.04 bits per heavy atom. The van der Waals surface area contributed by atoms with Crippen LogP contribution in [-0.2, 0) is 4.79 Å². The summed E-state index contributed by atoms with van der Waals surface area (Å²) in [6.07, 6.45) is 0.885. The average molecular weight is 323 g/mol. The molecule has 0 aromatic heterocycles. The molecule has 1 saturated carbocycles. The van der Waals surface area contributed by atoms with Crippen molar-refractivity contribution in [2.75, 3.05) is 18.5 Å². The van der Waals surface area contributed by atoms with E-state index in [-0.39, 0.29) is 17.7 Å². The molecule has 0 saturated heterocycles. The van der Waals surface area contributed by atoms with Gasteiger partial charge in [0.05, 0.1) is 0 Å². The third-order valence-corrected chi connectivity index (χ3v) is 4.77. The molecule has 2 atom stereocenters. The first-order valence-corrected chi connectivity index (χ1v) is 8.39. The fourth-order valence-corrected chi connectivity index (χ4v) is 3.24. The number of aryl methyl sites for hydroxylation is 2. The maximum Gasteiger partial charge on any atom is 0.228 e. The fourth-order valence-electron chi connectivity index (χ4n) is 3.24. The molecule has 1 fully saturated rings. The third-order valence-electron chi connectivity index (χ3n) is 4.77. The summed E-state index contributed by atoms with van der Waals surface area (Å²) in [7, 11) is 0. The predicted molar refractivity (Wildman–Crippen MR) is 92.8 cm³/mol. The second-order valence-electron chi connectivity index (χ2n) is 6.66. The van der Waals surface area contributed by atoms with Crippen LogP contribution < -0.4 is 14.8 Å². The Balaban J connectivity index is 1.46. The Kier molecular flexibility index (Phi) is 3.68. The summed E-state index contributed by atoms with van der Waals surface area (Å²) >= 11 is 0. The van der Waals surface area contributed by atoms with Crippen LogP contribution in [0.2, 0.25) is 0 Å². The van der Waals surface area contributed by atoms with Gasteiger partial charge in [-0.1, -0.05) is 18.2 Å². The van der Waals surface area contributed by atoms with Gasteiger partial charge in [-0.25, -0.2) is 0 Å². The van der Waals surface area contributed by atoms with Gasteiger partial charge in [-0.15, -0.1) is 0 Å². The number of carbonyl (C=O) groups is 1. The first-order valence-electron chi connectivity index (χ1n) is 8.39. The highest BCUT2D eigenvalue weighted by Gasteiger charge is 2.44. The summed E-state index contributed by atoms with van der Waals surface area (Å²) < 4.78 is 11.2. The van der Waals surface area contributed by atoms with Gasteiger partial charge >= 0.3 is 0 Å². The highest BCUT2D eigenvalue weighted by atomic mass is 16.6. The number of carbonyl (C=O) groups excluding carboxylic acids is 1. The number of anilines is 1. The van der Waals surface area contributed by atoms with Crippen molar-refractivity contribution in [3.8, 4) is 11.5 Å². The van der Waals surface area contributed by atoms with E-state index in [0.717, 1.165) is 40.3 Å². The minimum absolute atomic E-state index is 0.0347. The molecule has 2 aliphatic rings. The lowest BCUT2D eigenvalue weighted by Crippen LogP contribution is -2.16. The van der Waals surface area contributed by atoms with Gasteiger partial charge in [-0.2, -0.15) is 0 Å². The zero-order chi connectivity index (χ0) is 16.7. The van der Waals surface area contributed by atoms with Crippen molar-refractivity contribution in [1.29, 1.82) is 0 Å². The normalized spacial score (nSPS) is 21.2. The molecule has 1 amide bonds. The van der Waals surface area contributed by atoms with Gasteiger partial charge in [0.15, 0.2) is 11.5 Å². The van der Waals surface area contributed by atoms with Gasteiger partial charge in [0.1, 0.15) is 13.2 Å². The Morgan fingerprint density at radius 2 is 1.83 bits per heavy atom. The topological polar surface area (TPSA) is 47.6 Å². The lowest BCUT2D eigenvalue weighted by Gasteiger charge is -2.18. The van der Waals surface area contributed by atoms with Crippen LogP contribution in [0, 0.1) is 19.8 Å². The van der Waals surface area contributed by atoms with Gasteiger partial charge < -0.3 is 14.8 Å². The lowest BCUT2D eigenvalue weighted by atomic mass is 10.1. The molecule has 1 N–H and O–H groups in total. The largest absolute Gasteiger partial charge is 0.486 e. The van der Waals surface area contributed by atoms with Crippen molar-refractivity contribution in [3.63, 3.8) is 0 Å². The molecular weight excluding hydrogens is 302 g/mol. The van der Waals surface area contributed by atoms with Crippen LogP contribution in [0.1, 0.15) is 29.0 Å². The molecule has 0 radical (unpaired) electrons. The van der Waals surface area contributed by atoms with Gasteiger partial charge in [0, 0.05) is 11.6 Å². The minimum atomic E-state index is 0.0347. The molecule has 0 bridgehead atoms.